The van der Waals surface area contributed by atoms with Gasteiger partial charge in [-0.25, -0.2) is 0 Å². The smallest absolute Gasteiger partial charge is 0.310 e. The second-order valence-electron chi connectivity index (χ2n) is 7.72. The van der Waals surface area contributed by atoms with Gasteiger partial charge < -0.3 is 10.4 Å². The number of carboxylic acids is 1. The molecule has 0 aromatic carbocycles. The summed E-state index contributed by atoms with van der Waals surface area (Å²) in [4.78, 5) is 23.4. The minimum absolute atomic E-state index is 0.0963. The molecule has 2 rings (SSSR count). The molecule has 0 radical (unpaired) electrons. The molecular formula is C17H29NO3. The van der Waals surface area contributed by atoms with E-state index in [1.807, 2.05) is 0 Å². The first kappa shape index (κ1) is 16.3. The third-order valence-corrected chi connectivity index (χ3v) is 5.71. The van der Waals surface area contributed by atoms with Gasteiger partial charge >= 0.3 is 5.97 Å². The van der Waals surface area contributed by atoms with Gasteiger partial charge in [-0.2, -0.15) is 0 Å². The normalized spacial score (nSPS) is 22.4. The molecule has 1 amide bonds. The van der Waals surface area contributed by atoms with Crippen LogP contribution in [0.4, 0.5) is 0 Å². The summed E-state index contributed by atoms with van der Waals surface area (Å²) in [5, 5.41) is 12.3. The van der Waals surface area contributed by atoms with Crippen molar-refractivity contribution in [3.05, 3.63) is 0 Å². The minimum atomic E-state index is -0.810. The number of carbonyl (C=O) groups is 2. The van der Waals surface area contributed by atoms with Crippen molar-refractivity contribution in [3.8, 4) is 0 Å². The van der Waals surface area contributed by atoms with Crippen LogP contribution < -0.4 is 5.32 Å². The summed E-state index contributed by atoms with van der Waals surface area (Å²) < 4.78 is 0. The molecule has 2 fully saturated rings. The summed E-state index contributed by atoms with van der Waals surface area (Å²) >= 11 is 0. The molecule has 0 bridgehead atoms. The van der Waals surface area contributed by atoms with Gasteiger partial charge in [0.25, 0.3) is 0 Å². The summed E-state index contributed by atoms with van der Waals surface area (Å²) in [6.45, 7) is 5.10. The summed E-state index contributed by atoms with van der Waals surface area (Å²) in [7, 11) is 0. The molecule has 0 spiro atoms. The first-order chi connectivity index (χ1) is 9.86. The zero-order chi connectivity index (χ0) is 15.5. The van der Waals surface area contributed by atoms with Gasteiger partial charge in [0.05, 0.1) is 5.41 Å². The lowest BCUT2D eigenvalue weighted by molar-refractivity contribution is -0.157. The molecule has 0 aromatic heterocycles. The van der Waals surface area contributed by atoms with E-state index in [1.165, 1.54) is 32.1 Å². The highest BCUT2D eigenvalue weighted by molar-refractivity contribution is 5.85. The van der Waals surface area contributed by atoms with E-state index in [0.29, 0.717) is 25.3 Å². The van der Waals surface area contributed by atoms with E-state index in [-0.39, 0.29) is 17.7 Å². The average Bonchev–Trinajstić information content (AvgIpc) is 2.41. The van der Waals surface area contributed by atoms with Gasteiger partial charge in [0.1, 0.15) is 0 Å². The van der Waals surface area contributed by atoms with E-state index in [0.717, 1.165) is 6.42 Å². The molecule has 4 nitrogen and oxygen atoms in total. The Morgan fingerprint density at radius 1 is 1.14 bits per heavy atom. The Kier molecular flexibility index (Phi) is 4.95. The summed E-state index contributed by atoms with van der Waals surface area (Å²) in [6, 6.07) is 0. The molecule has 4 heteroatoms. The van der Waals surface area contributed by atoms with Gasteiger partial charge in [-0.05, 0) is 37.0 Å². The van der Waals surface area contributed by atoms with E-state index in [4.69, 9.17) is 0 Å². The maximum absolute atomic E-state index is 12.1. The molecule has 2 saturated carbocycles. The van der Waals surface area contributed by atoms with Crippen molar-refractivity contribution >= 4 is 11.9 Å². The van der Waals surface area contributed by atoms with E-state index >= 15 is 0 Å². The van der Waals surface area contributed by atoms with Crippen LogP contribution in [0, 0.1) is 16.7 Å². The van der Waals surface area contributed by atoms with Crippen molar-refractivity contribution in [2.45, 2.75) is 71.6 Å². The van der Waals surface area contributed by atoms with Gasteiger partial charge in [-0.1, -0.05) is 39.5 Å². The summed E-state index contributed by atoms with van der Waals surface area (Å²) in [5.74, 6) is -0.236. The molecule has 2 aliphatic rings. The standard InChI is InChI=1S/C17H29NO3/c1-16(2,13-7-4-3-5-8-13)12-18-14(19)11-17(15(20)21)9-6-10-17/h13H,3-12H2,1-2H3,(H,18,19)(H,20,21). The number of amides is 1. The Labute approximate surface area is 127 Å². The monoisotopic (exact) mass is 295 g/mol. The van der Waals surface area contributed by atoms with Crippen LogP contribution >= 0.6 is 0 Å². The number of rotatable bonds is 6. The van der Waals surface area contributed by atoms with Gasteiger partial charge in [0.15, 0.2) is 0 Å². The Morgan fingerprint density at radius 3 is 2.24 bits per heavy atom. The van der Waals surface area contributed by atoms with Crippen LogP contribution in [0.3, 0.4) is 0 Å². The van der Waals surface area contributed by atoms with E-state index in [2.05, 4.69) is 19.2 Å². The van der Waals surface area contributed by atoms with Gasteiger partial charge in [-0.3, -0.25) is 9.59 Å². The number of carboxylic acid groups (broad SMARTS) is 1. The summed E-state index contributed by atoms with van der Waals surface area (Å²) in [6.07, 6.45) is 8.78. The first-order valence-electron chi connectivity index (χ1n) is 8.36. The maximum atomic E-state index is 12.1. The Morgan fingerprint density at radius 2 is 1.76 bits per heavy atom. The highest BCUT2D eigenvalue weighted by atomic mass is 16.4. The van der Waals surface area contributed by atoms with Gasteiger partial charge in [0.2, 0.25) is 5.91 Å². The van der Waals surface area contributed by atoms with E-state index in [9.17, 15) is 14.7 Å². The fraction of sp³-hybridized carbons (Fsp3) is 0.882. The van der Waals surface area contributed by atoms with E-state index in [1.54, 1.807) is 0 Å². The lowest BCUT2D eigenvalue weighted by atomic mass is 9.66. The number of hydrogen-bond donors (Lipinski definition) is 2. The second-order valence-corrected chi connectivity index (χ2v) is 7.72. The van der Waals surface area contributed by atoms with E-state index < -0.39 is 11.4 Å². The van der Waals surface area contributed by atoms with Crippen LogP contribution in [0.2, 0.25) is 0 Å². The molecule has 0 unspecified atom stereocenters. The number of aliphatic carboxylic acids is 1. The Balaban J connectivity index is 1.81. The van der Waals surface area contributed by atoms with Crippen molar-refractivity contribution in [2.75, 3.05) is 6.54 Å². The molecule has 2 aliphatic carbocycles. The number of carbonyl (C=O) groups excluding carboxylic acids is 1. The van der Waals surface area contributed by atoms with Gasteiger partial charge in [-0.15, -0.1) is 0 Å². The lowest BCUT2D eigenvalue weighted by Crippen LogP contribution is -2.45. The van der Waals surface area contributed by atoms with Crippen molar-refractivity contribution < 1.29 is 14.7 Å². The lowest BCUT2D eigenvalue weighted by Gasteiger charge is -2.39. The predicted molar refractivity (Wildman–Crippen MR) is 81.9 cm³/mol. The largest absolute Gasteiger partial charge is 0.481 e. The predicted octanol–water partition coefficient (Wildman–Crippen LogP) is 3.35. The number of nitrogens with one attached hydrogen (secondary N) is 1. The molecule has 0 aromatic rings. The number of hydrogen-bond acceptors (Lipinski definition) is 2. The SMILES string of the molecule is CC(C)(CNC(=O)CC1(C(=O)O)CCC1)C1CCCCC1. The van der Waals surface area contributed by atoms with Crippen LogP contribution in [-0.2, 0) is 9.59 Å². The van der Waals surface area contributed by atoms with Crippen LogP contribution in [0.15, 0.2) is 0 Å². The molecule has 21 heavy (non-hydrogen) atoms. The third kappa shape index (κ3) is 3.78. The molecule has 0 aliphatic heterocycles. The van der Waals surface area contributed by atoms with Crippen LogP contribution in [0.1, 0.15) is 71.6 Å². The highest BCUT2D eigenvalue weighted by Crippen LogP contribution is 2.44. The fourth-order valence-corrected chi connectivity index (χ4v) is 3.79. The van der Waals surface area contributed by atoms with Crippen molar-refractivity contribution in [1.29, 1.82) is 0 Å². The average molecular weight is 295 g/mol. The summed E-state index contributed by atoms with van der Waals surface area (Å²) in [5.41, 5.74) is -0.675. The molecule has 0 saturated heterocycles. The second kappa shape index (κ2) is 6.37. The molecular weight excluding hydrogens is 266 g/mol. The molecule has 120 valence electrons. The molecule has 0 atom stereocenters. The third-order valence-electron chi connectivity index (χ3n) is 5.71. The minimum Gasteiger partial charge on any atom is -0.481 e. The maximum Gasteiger partial charge on any atom is 0.310 e. The quantitative estimate of drug-likeness (QED) is 0.789. The van der Waals surface area contributed by atoms with Crippen LogP contribution in [0.5, 0.6) is 0 Å². The Bertz CT molecular complexity index is 393. The van der Waals surface area contributed by atoms with Crippen molar-refractivity contribution in [1.82, 2.24) is 5.32 Å². The molecule has 0 heterocycles. The van der Waals surface area contributed by atoms with Crippen LogP contribution in [-0.4, -0.2) is 23.5 Å². The topological polar surface area (TPSA) is 66.4 Å². The zero-order valence-electron chi connectivity index (χ0n) is 13.4. The first-order valence-corrected chi connectivity index (χ1v) is 8.36. The Hall–Kier alpha value is -1.06. The zero-order valence-corrected chi connectivity index (χ0v) is 13.4. The van der Waals surface area contributed by atoms with Crippen LogP contribution in [0.25, 0.3) is 0 Å². The van der Waals surface area contributed by atoms with Gasteiger partial charge in [0, 0.05) is 13.0 Å². The fourth-order valence-electron chi connectivity index (χ4n) is 3.79. The van der Waals surface area contributed by atoms with Crippen molar-refractivity contribution in [2.24, 2.45) is 16.7 Å². The van der Waals surface area contributed by atoms with Crippen molar-refractivity contribution in [3.63, 3.8) is 0 Å². The molecule has 2 N–H and O–H groups in total. The highest BCUT2D eigenvalue weighted by Gasteiger charge is 2.46.